The van der Waals surface area contributed by atoms with E-state index in [-0.39, 0.29) is 22.5 Å². The summed E-state index contributed by atoms with van der Waals surface area (Å²) in [6, 6.07) is 3.75. The molecule has 0 amide bonds. The van der Waals surface area contributed by atoms with E-state index >= 15 is 0 Å². The van der Waals surface area contributed by atoms with E-state index in [2.05, 4.69) is 9.97 Å². The van der Waals surface area contributed by atoms with Gasteiger partial charge in [0, 0.05) is 18.5 Å². The van der Waals surface area contributed by atoms with Crippen LogP contribution < -0.4 is 0 Å². The predicted molar refractivity (Wildman–Crippen MR) is 63.8 cm³/mol. The number of benzene rings is 1. The number of nitrogens with zero attached hydrogens (tertiary/aromatic N) is 5. The Bertz CT molecular complexity index is 840. The minimum Gasteiger partial charge on any atom is -0.283 e. The first kappa shape index (κ1) is 11.0. The van der Waals surface area contributed by atoms with Gasteiger partial charge in [0.15, 0.2) is 5.52 Å². The Hall–Kier alpha value is -3.10. The van der Waals surface area contributed by atoms with Crippen molar-refractivity contribution in [3.05, 3.63) is 50.8 Å². The van der Waals surface area contributed by atoms with Crippen LogP contribution in [0.5, 0.6) is 0 Å². The molecule has 9 nitrogen and oxygen atoms in total. The van der Waals surface area contributed by atoms with Crippen LogP contribution in [0.1, 0.15) is 0 Å². The smallest absolute Gasteiger partial charge is 0.283 e. The summed E-state index contributed by atoms with van der Waals surface area (Å²) >= 11 is 0. The van der Waals surface area contributed by atoms with Crippen molar-refractivity contribution in [1.82, 2.24) is 14.4 Å². The Kier molecular flexibility index (Phi) is 2.14. The largest absolute Gasteiger partial charge is 0.304 e. The van der Waals surface area contributed by atoms with Crippen LogP contribution >= 0.6 is 0 Å². The zero-order valence-electron chi connectivity index (χ0n) is 9.26. The number of nitro benzene ring substituents is 2. The van der Waals surface area contributed by atoms with Crippen LogP contribution in [0.25, 0.3) is 16.8 Å². The lowest BCUT2D eigenvalue weighted by molar-refractivity contribution is -0.393. The monoisotopic (exact) mass is 259 g/mol. The van der Waals surface area contributed by atoms with Crippen molar-refractivity contribution in [3.8, 4) is 0 Å². The topological polar surface area (TPSA) is 116 Å². The molecule has 0 bridgehead atoms. The molecule has 0 aliphatic rings. The zero-order chi connectivity index (χ0) is 13.6. The van der Waals surface area contributed by atoms with Gasteiger partial charge in [0.05, 0.1) is 21.4 Å². The van der Waals surface area contributed by atoms with Gasteiger partial charge in [-0.05, 0) is 6.07 Å². The van der Waals surface area contributed by atoms with Crippen LogP contribution in [0.15, 0.2) is 30.6 Å². The fraction of sp³-hybridized carbons (Fsp3) is 0. The molecule has 0 atom stereocenters. The Morgan fingerprint density at radius 1 is 1.16 bits per heavy atom. The molecule has 2 heterocycles. The highest BCUT2D eigenvalue weighted by atomic mass is 16.6. The predicted octanol–water partition coefficient (Wildman–Crippen LogP) is 1.70. The number of hydrogen-bond donors (Lipinski definition) is 0. The summed E-state index contributed by atoms with van der Waals surface area (Å²) in [4.78, 5) is 28.4. The van der Waals surface area contributed by atoms with E-state index in [1.165, 1.54) is 16.7 Å². The number of imidazole rings is 1. The molecule has 0 aliphatic carbocycles. The molecule has 1 aromatic carbocycles. The summed E-state index contributed by atoms with van der Waals surface area (Å²) < 4.78 is 1.47. The first-order valence-corrected chi connectivity index (χ1v) is 5.13. The van der Waals surface area contributed by atoms with Gasteiger partial charge in [-0.2, -0.15) is 0 Å². The average Bonchev–Trinajstić information content (AvgIpc) is 2.75. The van der Waals surface area contributed by atoms with Gasteiger partial charge >= 0.3 is 5.69 Å². The van der Waals surface area contributed by atoms with Crippen molar-refractivity contribution < 1.29 is 9.85 Å². The third kappa shape index (κ3) is 1.56. The molecular weight excluding hydrogens is 254 g/mol. The average molecular weight is 259 g/mol. The maximum Gasteiger partial charge on any atom is 0.304 e. The molecular formula is C10H5N5O4. The SMILES string of the molecule is O=[N+]([O-])c1cc([N+](=O)[O-])c2nc3ncccn3c2c1. The first-order valence-electron chi connectivity index (χ1n) is 5.13. The van der Waals surface area contributed by atoms with Crippen LogP contribution in [0.3, 0.4) is 0 Å². The molecule has 3 aromatic rings. The standard InChI is InChI=1S/C10H5N5O4/c16-14(17)6-4-7-9(8(5-6)15(18)19)12-10-11-2-1-3-13(7)10/h1-5H. The van der Waals surface area contributed by atoms with E-state index < -0.39 is 15.5 Å². The molecule has 0 aliphatic heterocycles. The second-order valence-corrected chi connectivity index (χ2v) is 3.75. The van der Waals surface area contributed by atoms with Gasteiger partial charge in [0.25, 0.3) is 5.69 Å². The molecule has 0 saturated heterocycles. The molecule has 0 spiro atoms. The number of rotatable bonds is 2. The Morgan fingerprint density at radius 3 is 2.63 bits per heavy atom. The quantitative estimate of drug-likeness (QED) is 0.510. The summed E-state index contributed by atoms with van der Waals surface area (Å²) in [5, 5.41) is 21.8. The van der Waals surface area contributed by atoms with Gasteiger partial charge < -0.3 is 0 Å². The van der Waals surface area contributed by atoms with Crippen LogP contribution in [-0.4, -0.2) is 24.2 Å². The van der Waals surface area contributed by atoms with Crippen LogP contribution in [0, 0.1) is 20.2 Å². The molecule has 3 rings (SSSR count). The van der Waals surface area contributed by atoms with Crippen LogP contribution in [0.4, 0.5) is 11.4 Å². The van der Waals surface area contributed by atoms with E-state index in [0.29, 0.717) is 0 Å². The number of nitro groups is 2. The second-order valence-electron chi connectivity index (χ2n) is 3.75. The van der Waals surface area contributed by atoms with Crippen LogP contribution in [0.2, 0.25) is 0 Å². The van der Waals surface area contributed by atoms with E-state index in [9.17, 15) is 20.2 Å². The molecule has 0 saturated carbocycles. The summed E-state index contributed by atoms with van der Waals surface area (Å²) in [6.07, 6.45) is 3.08. The van der Waals surface area contributed by atoms with Crippen molar-refractivity contribution in [3.63, 3.8) is 0 Å². The molecule has 19 heavy (non-hydrogen) atoms. The molecule has 0 radical (unpaired) electrons. The van der Waals surface area contributed by atoms with E-state index in [0.717, 1.165) is 6.07 Å². The van der Waals surface area contributed by atoms with Crippen molar-refractivity contribution in [1.29, 1.82) is 0 Å². The summed E-state index contributed by atoms with van der Waals surface area (Å²) in [7, 11) is 0. The van der Waals surface area contributed by atoms with Gasteiger partial charge in [-0.1, -0.05) is 0 Å². The Labute approximate surface area is 104 Å². The van der Waals surface area contributed by atoms with Gasteiger partial charge in [0.1, 0.15) is 0 Å². The van der Waals surface area contributed by atoms with Gasteiger partial charge in [0.2, 0.25) is 5.78 Å². The summed E-state index contributed by atoms with van der Waals surface area (Å²) in [5.74, 6) is 0.251. The fourth-order valence-electron chi connectivity index (χ4n) is 1.87. The third-order valence-corrected chi connectivity index (χ3v) is 2.66. The minimum atomic E-state index is -0.693. The van der Waals surface area contributed by atoms with Crippen molar-refractivity contribution in [2.75, 3.05) is 0 Å². The van der Waals surface area contributed by atoms with E-state index in [1.807, 2.05) is 0 Å². The minimum absolute atomic E-state index is 0.0781. The van der Waals surface area contributed by atoms with Crippen LogP contribution in [-0.2, 0) is 0 Å². The number of hydrogen-bond acceptors (Lipinski definition) is 6. The highest BCUT2D eigenvalue weighted by Gasteiger charge is 2.23. The number of aromatic nitrogens is 3. The zero-order valence-corrected chi connectivity index (χ0v) is 9.26. The lowest BCUT2D eigenvalue weighted by Crippen LogP contribution is -1.94. The normalized spacial score (nSPS) is 10.9. The summed E-state index contributed by atoms with van der Waals surface area (Å²) in [6.45, 7) is 0. The molecule has 0 N–H and O–H groups in total. The first-order chi connectivity index (χ1) is 9.08. The Morgan fingerprint density at radius 2 is 1.95 bits per heavy atom. The van der Waals surface area contributed by atoms with E-state index in [4.69, 9.17) is 0 Å². The van der Waals surface area contributed by atoms with Crippen molar-refractivity contribution >= 4 is 28.2 Å². The third-order valence-electron chi connectivity index (χ3n) is 2.66. The van der Waals surface area contributed by atoms with E-state index in [1.54, 1.807) is 12.3 Å². The highest BCUT2D eigenvalue weighted by Crippen LogP contribution is 2.30. The molecule has 0 fully saturated rings. The van der Waals surface area contributed by atoms with Gasteiger partial charge in [-0.3, -0.25) is 24.6 Å². The molecule has 9 heteroatoms. The van der Waals surface area contributed by atoms with Crippen molar-refractivity contribution in [2.45, 2.75) is 0 Å². The molecule has 94 valence electrons. The molecule has 0 unspecified atom stereocenters. The highest BCUT2D eigenvalue weighted by molar-refractivity contribution is 5.90. The fourth-order valence-corrected chi connectivity index (χ4v) is 1.87. The maximum atomic E-state index is 11.0. The Balaban J connectivity index is 2.52. The molecule has 2 aromatic heterocycles. The number of fused-ring (bicyclic) bond motifs is 3. The lowest BCUT2D eigenvalue weighted by Gasteiger charge is -1.96. The van der Waals surface area contributed by atoms with Gasteiger partial charge in [-0.15, -0.1) is 0 Å². The maximum absolute atomic E-state index is 11.0. The van der Waals surface area contributed by atoms with Crippen molar-refractivity contribution in [2.24, 2.45) is 0 Å². The summed E-state index contributed by atoms with van der Waals surface area (Å²) in [5.41, 5.74) is -0.405. The lowest BCUT2D eigenvalue weighted by atomic mass is 10.2. The van der Waals surface area contributed by atoms with Gasteiger partial charge in [-0.25, -0.2) is 9.97 Å². The second kappa shape index (κ2) is 3.70. The number of non-ortho nitro benzene ring substituents is 2.